The molecular weight excluding hydrogens is 434 g/mol. The molecule has 0 fully saturated rings. The van der Waals surface area contributed by atoms with Gasteiger partial charge in [-0.05, 0) is 29.8 Å². The van der Waals surface area contributed by atoms with Crippen LogP contribution >= 0.6 is 11.3 Å². The largest absolute Gasteiger partial charge is 0.302 e. The van der Waals surface area contributed by atoms with E-state index in [1.165, 1.54) is 11.3 Å². The zero-order valence-electron chi connectivity index (χ0n) is 16.5. The first-order valence-electron chi connectivity index (χ1n) is 9.28. The van der Waals surface area contributed by atoms with Gasteiger partial charge in [0.25, 0.3) is 0 Å². The van der Waals surface area contributed by atoms with Crippen molar-refractivity contribution in [2.24, 2.45) is 0 Å². The minimum atomic E-state index is -3.32. The molecule has 2 heterocycles. The van der Waals surface area contributed by atoms with Gasteiger partial charge in [0, 0.05) is 22.8 Å². The first-order chi connectivity index (χ1) is 14.9. The summed E-state index contributed by atoms with van der Waals surface area (Å²) in [5.41, 5.74) is 3.72. The molecule has 158 valence electrons. The minimum absolute atomic E-state index is 0.179. The Kier molecular flexibility index (Phi) is 5.83. The van der Waals surface area contributed by atoms with Crippen LogP contribution in [0.3, 0.4) is 0 Å². The molecule has 0 aliphatic rings. The maximum Gasteiger partial charge on any atom is 0.230 e. The van der Waals surface area contributed by atoms with E-state index in [9.17, 15) is 13.2 Å². The number of sulfonamides is 1. The molecule has 4 rings (SSSR count). The first-order valence-corrected chi connectivity index (χ1v) is 12.1. The average molecular weight is 454 g/mol. The van der Waals surface area contributed by atoms with E-state index in [0.29, 0.717) is 16.5 Å². The molecule has 0 saturated carbocycles. The van der Waals surface area contributed by atoms with E-state index in [4.69, 9.17) is 0 Å². The lowest BCUT2D eigenvalue weighted by Gasteiger charge is -2.04. The van der Waals surface area contributed by atoms with Gasteiger partial charge in [-0.15, -0.1) is 11.3 Å². The Morgan fingerprint density at radius 3 is 2.55 bits per heavy atom. The van der Waals surface area contributed by atoms with Crippen LogP contribution in [0.1, 0.15) is 5.56 Å². The summed E-state index contributed by atoms with van der Waals surface area (Å²) < 4.78 is 26.7. The molecule has 2 aromatic carbocycles. The number of benzene rings is 2. The smallest absolute Gasteiger partial charge is 0.230 e. The summed E-state index contributed by atoms with van der Waals surface area (Å²) >= 11 is 1.32. The SMILES string of the molecule is CS(=O)(=O)Nc1ccc(-c2csc(NC(=O)Cc3cnn(-c4ccccc4)c3)n2)cc1. The normalized spacial score (nSPS) is 11.3. The average Bonchev–Trinajstić information content (AvgIpc) is 3.38. The number of rotatable bonds is 7. The number of nitrogens with one attached hydrogen (secondary N) is 2. The lowest BCUT2D eigenvalue weighted by Crippen LogP contribution is -2.13. The summed E-state index contributed by atoms with van der Waals surface area (Å²) in [6.45, 7) is 0. The number of carbonyl (C=O) groups excluding carboxylic acids is 1. The van der Waals surface area contributed by atoms with Crippen LogP contribution in [0.15, 0.2) is 72.4 Å². The molecule has 2 aromatic heterocycles. The highest BCUT2D eigenvalue weighted by Crippen LogP contribution is 2.26. The van der Waals surface area contributed by atoms with Gasteiger partial charge in [-0.1, -0.05) is 30.3 Å². The fourth-order valence-corrected chi connectivity index (χ4v) is 4.21. The number of nitrogens with zero attached hydrogens (tertiary/aromatic N) is 3. The molecule has 0 atom stereocenters. The zero-order chi connectivity index (χ0) is 21.8. The summed E-state index contributed by atoms with van der Waals surface area (Å²) in [7, 11) is -3.32. The topological polar surface area (TPSA) is 106 Å². The van der Waals surface area contributed by atoms with Crippen molar-refractivity contribution >= 4 is 38.1 Å². The number of aromatic nitrogens is 3. The van der Waals surface area contributed by atoms with Crippen molar-refractivity contribution in [2.75, 3.05) is 16.3 Å². The molecule has 2 N–H and O–H groups in total. The fourth-order valence-electron chi connectivity index (χ4n) is 2.91. The third-order valence-corrected chi connectivity index (χ3v) is 5.62. The van der Waals surface area contributed by atoms with Crippen molar-refractivity contribution in [3.8, 4) is 16.9 Å². The second-order valence-electron chi connectivity index (χ2n) is 6.84. The van der Waals surface area contributed by atoms with Gasteiger partial charge in [0.2, 0.25) is 15.9 Å². The second kappa shape index (κ2) is 8.70. The monoisotopic (exact) mass is 453 g/mol. The molecular formula is C21H19N5O3S2. The number of amides is 1. The van der Waals surface area contributed by atoms with Gasteiger partial charge in [-0.2, -0.15) is 5.10 Å². The van der Waals surface area contributed by atoms with Crippen LogP contribution in [0.4, 0.5) is 10.8 Å². The Morgan fingerprint density at radius 1 is 1.10 bits per heavy atom. The summed E-state index contributed by atoms with van der Waals surface area (Å²) in [5, 5.41) is 9.44. The van der Waals surface area contributed by atoms with E-state index < -0.39 is 10.0 Å². The molecule has 8 nitrogen and oxygen atoms in total. The second-order valence-corrected chi connectivity index (χ2v) is 9.45. The van der Waals surface area contributed by atoms with Gasteiger partial charge in [0.1, 0.15) is 0 Å². The standard InChI is InChI=1S/C21H19N5O3S2/c1-31(28,29)25-17-9-7-16(8-10-17)19-14-30-21(23-19)24-20(27)11-15-12-22-26(13-15)18-5-3-2-4-6-18/h2-10,12-14,25H,11H2,1H3,(H,23,24,27). The molecule has 0 unspecified atom stereocenters. The molecule has 0 radical (unpaired) electrons. The molecule has 1 amide bonds. The fraction of sp³-hybridized carbons (Fsp3) is 0.0952. The van der Waals surface area contributed by atoms with E-state index in [1.54, 1.807) is 35.1 Å². The number of para-hydroxylation sites is 1. The maximum atomic E-state index is 12.4. The van der Waals surface area contributed by atoms with E-state index in [2.05, 4.69) is 20.1 Å². The predicted octanol–water partition coefficient (Wildman–Crippen LogP) is 3.55. The third-order valence-electron chi connectivity index (χ3n) is 4.26. The number of hydrogen-bond acceptors (Lipinski definition) is 6. The molecule has 0 spiro atoms. The number of anilines is 2. The Labute approximate surface area is 183 Å². The molecule has 10 heteroatoms. The first kappa shape index (κ1) is 20.8. The van der Waals surface area contributed by atoms with Gasteiger partial charge in [-0.25, -0.2) is 18.1 Å². The number of carbonyl (C=O) groups is 1. The lowest BCUT2D eigenvalue weighted by atomic mass is 10.1. The molecule has 0 saturated heterocycles. The van der Waals surface area contributed by atoms with Gasteiger partial charge < -0.3 is 5.32 Å². The summed E-state index contributed by atoms with van der Waals surface area (Å²) in [5.74, 6) is -0.179. The van der Waals surface area contributed by atoms with Crippen molar-refractivity contribution in [2.45, 2.75) is 6.42 Å². The van der Waals surface area contributed by atoms with Gasteiger partial charge in [0.15, 0.2) is 5.13 Å². The van der Waals surface area contributed by atoms with Crippen LogP contribution in [0.25, 0.3) is 16.9 Å². The van der Waals surface area contributed by atoms with Crippen molar-refractivity contribution < 1.29 is 13.2 Å². The quantitative estimate of drug-likeness (QED) is 0.445. The van der Waals surface area contributed by atoms with Crippen molar-refractivity contribution in [3.05, 3.63) is 77.9 Å². The summed E-state index contributed by atoms with van der Waals surface area (Å²) in [4.78, 5) is 16.9. The Hall–Kier alpha value is -3.50. The van der Waals surface area contributed by atoms with Gasteiger partial charge >= 0.3 is 0 Å². The van der Waals surface area contributed by atoms with Crippen LogP contribution < -0.4 is 10.0 Å². The Bertz CT molecular complexity index is 1300. The summed E-state index contributed by atoms with van der Waals surface area (Å²) in [6.07, 6.45) is 4.79. The molecule has 0 aliphatic carbocycles. The van der Waals surface area contributed by atoms with E-state index in [-0.39, 0.29) is 12.3 Å². The molecule has 31 heavy (non-hydrogen) atoms. The molecule has 0 aliphatic heterocycles. The van der Waals surface area contributed by atoms with E-state index in [0.717, 1.165) is 23.1 Å². The van der Waals surface area contributed by atoms with Crippen molar-refractivity contribution in [3.63, 3.8) is 0 Å². The Balaban J connectivity index is 1.38. The van der Waals surface area contributed by atoms with Crippen LogP contribution in [0.2, 0.25) is 0 Å². The van der Waals surface area contributed by atoms with Crippen LogP contribution in [-0.2, 0) is 21.2 Å². The highest BCUT2D eigenvalue weighted by Gasteiger charge is 2.11. The number of hydrogen-bond donors (Lipinski definition) is 2. The van der Waals surface area contributed by atoms with Crippen molar-refractivity contribution in [1.82, 2.24) is 14.8 Å². The Morgan fingerprint density at radius 2 is 1.84 bits per heavy atom. The highest BCUT2D eigenvalue weighted by molar-refractivity contribution is 7.92. The van der Waals surface area contributed by atoms with Crippen LogP contribution in [0, 0.1) is 0 Å². The lowest BCUT2D eigenvalue weighted by molar-refractivity contribution is -0.115. The van der Waals surface area contributed by atoms with Crippen molar-refractivity contribution in [1.29, 1.82) is 0 Å². The number of thiazole rings is 1. The van der Waals surface area contributed by atoms with E-state index in [1.807, 2.05) is 41.9 Å². The minimum Gasteiger partial charge on any atom is -0.302 e. The van der Waals surface area contributed by atoms with E-state index >= 15 is 0 Å². The molecule has 0 bridgehead atoms. The van der Waals surface area contributed by atoms with Crippen LogP contribution in [-0.4, -0.2) is 35.3 Å². The predicted molar refractivity (Wildman–Crippen MR) is 122 cm³/mol. The van der Waals surface area contributed by atoms with Gasteiger partial charge in [0.05, 0.1) is 30.3 Å². The molecule has 4 aromatic rings. The van der Waals surface area contributed by atoms with Gasteiger partial charge in [-0.3, -0.25) is 9.52 Å². The highest BCUT2D eigenvalue weighted by atomic mass is 32.2. The zero-order valence-corrected chi connectivity index (χ0v) is 18.2. The van der Waals surface area contributed by atoms with Crippen LogP contribution in [0.5, 0.6) is 0 Å². The maximum absolute atomic E-state index is 12.4. The summed E-state index contributed by atoms with van der Waals surface area (Å²) in [6, 6.07) is 16.5. The third kappa shape index (κ3) is 5.56.